The fourth-order valence-corrected chi connectivity index (χ4v) is 4.27. The molecule has 166 valence electrons. The van der Waals surface area contributed by atoms with Gasteiger partial charge in [-0.1, -0.05) is 30.7 Å². The largest absolute Gasteiger partial charge is 0.355 e. The van der Waals surface area contributed by atoms with Gasteiger partial charge in [0.1, 0.15) is 0 Å². The maximum atomic E-state index is 15.0. The third-order valence-corrected chi connectivity index (χ3v) is 5.82. The van der Waals surface area contributed by atoms with Gasteiger partial charge in [-0.05, 0) is 42.2 Å². The number of pyridine rings is 1. The van der Waals surface area contributed by atoms with E-state index in [1.165, 1.54) is 6.07 Å². The molecule has 0 atom stereocenters. The molecule has 3 heterocycles. The Balaban J connectivity index is 1.60. The first-order valence-electron chi connectivity index (χ1n) is 10.8. The predicted molar refractivity (Wildman–Crippen MR) is 125 cm³/mol. The second-order valence-corrected chi connectivity index (χ2v) is 8.17. The summed E-state index contributed by atoms with van der Waals surface area (Å²) in [5, 5.41) is 7.16. The van der Waals surface area contributed by atoms with Crippen LogP contribution in [0.5, 0.6) is 0 Å². The Morgan fingerprint density at radius 2 is 2.09 bits per heavy atom. The van der Waals surface area contributed by atoms with Gasteiger partial charge in [-0.3, -0.25) is 9.48 Å². The first kappa shape index (κ1) is 21.7. The van der Waals surface area contributed by atoms with Gasteiger partial charge < -0.3 is 10.2 Å². The molecule has 0 bridgehead atoms. The van der Waals surface area contributed by atoms with Crippen LogP contribution in [0, 0.1) is 12.7 Å². The van der Waals surface area contributed by atoms with Gasteiger partial charge in [0, 0.05) is 57.1 Å². The van der Waals surface area contributed by atoms with Gasteiger partial charge in [0.2, 0.25) is 0 Å². The van der Waals surface area contributed by atoms with E-state index < -0.39 is 0 Å². The second-order valence-electron chi connectivity index (χ2n) is 8.17. The van der Waals surface area contributed by atoms with Crippen molar-refractivity contribution in [1.29, 1.82) is 0 Å². The quantitative estimate of drug-likeness (QED) is 0.663. The SMILES string of the molecule is CCc1cc(C)cc(C(=O)NC)c1/C=C/c1cnc(N2CCc3nn(C)cc3C2)c(F)c1. The molecule has 1 amide bonds. The van der Waals surface area contributed by atoms with Crippen LogP contribution >= 0.6 is 0 Å². The highest BCUT2D eigenvalue weighted by molar-refractivity contribution is 5.99. The average molecular weight is 434 g/mol. The normalized spacial score (nSPS) is 13.5. The van der Waals surface area contributed by atoms with Gasteiger partial charge in [-0.15, -0.1) is 0 Å². The van der Waals surface area contributed by atoms with Crippen LogP contribution in [0.1, 0.15) is 50.8 Å². The molecular formula is C25H28FN5O. The van der Waals surface area contributed by atoms with E-state index in [0.717, 1.165) is 40.8 Å². The van der Waals surface area contributed by atoms with E-state index in [4.69, 9.17) is 0 Å². The standard InChI is InChI=1S/C25H28FN5O/c1-5-18-10-16(2)11-21(25(32)27-3)20(18)7-6-17-12-22(26)24(28-13-17)31-9-8-23-19(15-31)14-30(4)29-23/h6-7,10-14H,5,8-9,15H2,1-4H3,(H,27,32)/b7-6+. The molecule has 4 rings (SSSR count). The molecule has 1 aliphatic rings. The number of anilines is 1. The molecular weight excluding hydrogens is 405 g/mol. The molecule has 2 aromatic heterocycles. The summed E-state index contributed by atoms with van der Waals surface area (Å²) >= 11 is 0. The molecule has 1 aromatic carbocycles. The number of aromatic nitrogens is 3. The van der Waals surface area contributed by atoms with Crippen molar-refractivity contribution in [2.45, 2.75) is 33.2 Å². The molecule has 32 heavy (non-hydrogen) atoms. The summed E-state index contributed by atoms with van der Waals surface area (Å²) in [6.07, 6.45) is 8.91. The van der Waals surface area contributed by atoms with Crippen molar-refractivity contribution in [3.05, 3.63) is 75.5 Å². The van der Waals surface area contributed by atoms with Gasteiger partial charge in [-0.25, -0.2) is 9.37 Å². The van der Waals surface area contributed by atoms with Crippen LogP contribution in [-0.4, -0.2) is 34.3 Å². The highest BCUT2D eigenvalue weighted by Crippen LogP contribution is 2.26. The molecule has 0 aliphatic carbocycles. The topological polar surface area (TPSA) is 63.1 Å². The van der Waals surface area contributed by atoms with Gasteiger partial charge in [0.15, 0.2) is 11.6 Å². The fraction of sp³-hybridized carbons (Fsp3) is 0.320. The molecule has 0 saturated carbocycles. The molecule has 0 unspecified atom stereocenters. The highest BCUT2D eigenvalue weighted by atomic mass is 19.1. The number of aryl methyl sites for hydroxylation is 3. The number of nitrogens with one attached hydrogen (secondary N) is 1. The minimum atomic E-state index is -0.356. The van der Waals surface area contributed by atoms with E-state index in [2.05, 4.69) is 28.4 Å². The number of amides is 1. The summed E-state index contributed by atoms with van der Waals surface area (Å²) in [6, 6.07) is 5.46. The zero-order chi connectivity index (χ0) is 22.8. The number of rotatable bonds is 5. The number of carbonyl (C=O) groups excluding carboxylic acids is 1. The highest BCUT2D eigenvalue weighted by Gasteiger charge is 2.22. The number of halogens is 1. The number of benzene rings is 1. The summed E-state index contributed by atoms with van der Waals surface area (Å²) in [4.78, 5) is 18.8. The van der Waals surface area contributed by atoms with Crippen LogP contribution < -0.4 is 10.2 Å². The summed E-state index contributed by atoms with van der Waals surface area (Å²) in [7, 11) is 3.52. The monoisotopic (exact) mass is 433 g/mol. The van der Waals surface area contributed by atoms with E-state index in [-0.39, 0.29) is 11.7 Å². The van der Waals surface area contributed by atoms with Crippen molar-refractivity contribution >= 4 is 23.9 Å². The summed E-state index contributed by atoms with van der Waals surface area (Å²) in [5.41, 5.74) is 6.40. The van der Waals surface area contributed by atoms with E-state index in [0.29, 0.717) is 30.0 Å². The molecule has 0 radical (unpaired) electrons. The van der Waals surface area contributed by atoms with Gasteiger partial charge in [0.05, 0.1) is 5.69 Å². The third-order valence-electron chi connectivity index (χ3n) is 5.82. The molecule has 3 aromatic rings. The third kappa shape index (κ3) is 4.28. The number of hydrogen-bond donors (Lipinski definition) is 1. The lowest BCUT2D eigenvalue weighted by Crippen LogP contribution is -2.31. The summed E-state index contributed by atoms with van der Waals surface area (Å²) in [5.74, 6) is -0.138. The average Bonchev–Trinajstić information content (AvgIpc) is 3.16. The zero-order valence-electron chi connectivity index (χ0n) is 18.9. The molecule has 0 saturated heterocycles. The zero-order valence-corrected chi connectivity index (χ0v) is 18.9. The lowest BCUT2D eigenvalue weighted by molar-refractivity contribution is 0.0962. The smallest absolute Gasteiger partial charge is 0.251 e. The van der Waals surface area contributed by atoms with Crippen molar-refractivity contribution < 1.29 is 9.18 Å². The van der Waals surface area contributed by atoms with Crippen LogP contribution in [0.4, 0.5) is 10.2 Å². The Labute approximate surface area is 187 Å². The summed E-state index contributed by atoms with van der Waals surface area (Å²) in [6.45, 7) is 5.32. The molecule has 6 nitrogen and oxygen atoms in total. The van der Waals surface area contributed by atoms with Crippen molar-refractivity contribution in [2.75, 3.05) is 18.5 Å². The van der Waals surface area contributed by atoms with Crippen molar-refractivity contribution in [3.8, 4) is 0 Å². The second kappa shape index (κ2) is 8.94. The van der Waals surface area contributed by atoms with Gasteiger partial charge >= 0.3 is 0 Å². The predicted octanol–water partition coefficient (Wildman–Crippen LogP) is 3.92. The minimum Gasteiger partial charge on any atom is -0.355 e. The first-order valence-corrected chi connectivity index (χ1v) is 10.8. The Hall–Kier alpha value is -3.48. The number of fused-ring (bicyclic) bond motifs is 1. The number of carbonyl (C=O) groups is 1. The van der Waals surface area contributed by atoms with Gasteiger partial charge in [-0.2, -0.15) is 5.10 Å². The van der Waals surface area contributed by atoms with Crippen molar-refractivity contribution in [1.82, 2.24) is 20.1 Å². The maximum Gasteiger partial charge on any atom is 0.251 e. The number of hydrogen-bond acceptors (Lipinski definition) is 4. The lowest BCUT2D eigenvalue weighted by Gasteiger charge is -2.27. The molecule has 7 heteroatoms. The Bertz CT molecular complexity index is 1200. The van der Waals surface area contributed by atoms with E-state index in [1.54, 1.807) is 17.9 Å². The lowest BCUT2D eigenvalue weighted by atomic mass is 9.95. The van der Waals surface area contributed by atoms with Gasteiger partial charge in [0.25, 0.3) is 5.91 Å². The van der Waals surface area contributed by atoms with E-state index >= 15 is 0 Å². The Morgan fingerprint density at radius 3 is 2.81 bits per heavy atom. The maximum absolute atomic E-state index is 15.0. The van der Waals surface area contributed by atoms with Crippen LogP contribution in [0.25, 0.3) is 12.2 Å². The molecule has 1 N–H and O–H groups in total. The van der Waals surface area contributed by atoms with Crippen LogP contribution in [0.2, 0.25) is 0 Å². The van der Waals surface area contributed by atoms with Crippen molar-refractivity contribution in [3.63, 3.8) is 0 Å². The van der Waals surface area contributed by atoms with Crippen LogP contribution in [-0.2, 0) is 26.4 Å². The summed E-state index contributed by atoms with van der Waals surface area (Å²) < 4.78 is 16.8. The van der Waals surface area contributed by atoms with Crippen LogP contribution in [0.3, 0.4) is 0 Å². The Kier molecular flexibility index (Phi) is 6.08. The molecule has 0 spiro atoms. The molecule has 0 fully saturated rings. The Morgan fingerprint density at radius 1 is 1.28 bits per heavy atom. The van der Waals surface area contributed by atoms with E-state index in [9.17, 15) is 9.18 Å². The molecule has 1 aliphatic heterocycles. The van der Waals surface area contributed by atoms with Crippen LogP contribution in [0.15, 0.2) is 30.6 Å². The minimum absolute atomic E-state index is 0.137. The first-order chi connectivity index (χ1) is 15.4. The van der Waals surface area contributed by atoms with Crippen molar-refractivity contribution in [2.24, 2.45) is 7.05 Å². The number of nitrogens with zero attached hydrogens (tertiary/aromatic N) is 4. The van der Waals surface area contributed by atoms with E-state index in [1.807, 2.05) is 43.3 Å². The fourth-order valence-electron chi connectivity index (χ4n) is 4.27.